The van der Waals surface area contributed by atoms with Crippen LogP contribution in [-0.4, -0.2) is 58.2 Å². The Morgan fingerprint density at radius 3 is 1.88 bits per heavy atom. The number of carbonyl (C=O) groups excluding carboxylic acids is 1. The van der Waals surface area contributed by atoms with Gasteiger partial charge in [-0.05, 0) is 51.6 Å². The molecule has 0 aliphatic heterocycles. The van der Waals surface area contributed by atoms with Crippen LogP contribution in [0, 0.1) is 17.8 Å². The summed E-state index contributed by atoms with van der Waals surface area (Å²) in [6.07, 6.45) is -6.62. The summed E-state index contributed by atoms with van der Waals surface area (Å²) < 4.78 is 117. The number of ether oxygens (including phenoxy) is 1. The second-order valence-electron chi connectivity index (χ2n) is 9.11. The molecule has 1 aliphatic rings. The standard InChI is InChI=1S/C14H26F3NO.C11H12F6.CH5N.CH2O/c1-4-10-6-7-11(8-10)18-13(5-2)12(9-19-3)14(15,16)17;1-4-9(11(15,16)17)6-7(2)5-8(3)10(12,13)14;2*1-2/h10-13,18H,4-9H2,1-3H3;4-6,8H,1H2,2-3H3;2H2,1H3;1H2/b;7-5-,9-6+;;. The first-order chi connectivity index (χ1) is 18.4. The van der Waals surface area contributed by atoms with Crippen LogP contribution >= 0.6 is 0 Å². The van der Waals surface area contributed by atoms with Crippen molar-refractivity contribution in [3.05, 3.63) is 36.0 Å². The largest absolute Gasteiger partial charge is 0.416 e. The molecule has 1 rings (SSSR count). The quantitative estimate of drug-likeness (QED) is 0.197. The molecule has 0 bridgehead atoms. The van der Waals surface area contributed by atoms with Crippen molar-refractivity contribution in [3.8, 4) is 0 Å². The van der Waals surface area contributed by atoms with Gasteiger partial charge in [0.15, 0.2) is 0 Å². The van der Waals surface area contributed by atoms with Crippen LogP contribution in [0.15, 0.2) is 36.0 Å². The lowest BCUT2D eigenvalue weighted by atomic mass is 9.96. The van der Waals surface area contributed by atoms with Crippen LogP contribution in [-0.2, 0) is 9.53 Å². The molecule has 13 heteroatoms. The molecule has 3 N–H and O–H groups in total. The molecular formula is C27H45F9N2O2. The smallest absolute Gasteiger partial charge is 0.384 e. The Labute approximate surface area is 232 Å². The number of carbonyl (C=O) groups is 1. The minimum absolute atomic E-state index is 0.109. The van der Waals surface area contributed by atoms with E-state index in [0.29, 0.717) is 24.5 Å². The summed E-state index contributed by atoms with van der Waals surface area (Å²) >= 11 is 0. The summed E-state index contributed by atoms with van der Waals surface area (Å²) in [6, 6.07) is -0.308. The molecule has 40 heavy (non-hydrogen) atoms. The lowest BCUT2D eigenvalue weighted by Gasteiger charge is -2.31. The summed E-state index contributed by atoms with van der Waals surface area (Å²) in [5, 5.41) is 3.22. The van der Waals surface area contributed by atoms with Gasteiger partial charge in [0, 0.05) is 19.2 Å². The fourth-order valence-electron chi connectivity index (χ4n) is 4.08. The van der Waals surface area contributed by atoms with E-state index in [0.717, 1.165) is 38.7 Å². The Morgan fingerprint density at radius 2 is 1.55 bits per heavy atom. The van der Waals surface area contributed by atoms with Gasteiger partial charge in [-0.1, -0.05) is 51.5 Å². The predicted molar refractivity (Wildman–Crippen MR) is 141 cm³/mol. The first-order valence-corrected chi connectivity index (χ1v) is 12.7. The van der Waals surface area contributed by atoms with Gasteiger partial charge in [-0.2, -0.15) is 39.5 Å². The van der Waals surface area contributed by atoms with Crippen LogP contribution in [0.3, 0.4) is 0 Å². The second-order valence-corrected chi connectivity index (χ2v) is 9.11. The first-order valence-electron chi connectivity index (χ1n) is 12.7. The Bertz CT molecular complexity index is 733. The van der Waals surface area contributed by atoms with E-state index in [1.807, 2.05) is 6.79 Å². The SMILES string of the molecule is C=C/C(=C\C(C)=C/C(C)C(F)(F)F)C(F)(F)F.C=O.CCC1CCC(NC(CC)C(COC)C(F)(F)F)C1.CN. The maximum absolute atomic E-state index is 13.0. The molecule has 0 heterocycles. The Morgan fingerprint density at radius 1 is 1.02 bits per heavy atom. The van der Waals surface area contributed by atoms with E-state index in [1.54, 1.807) is 6.92 Å². The van der Waals surface area contributed by atoms with Crippen molar-refractivity contribution < 1.29 is 49.0 Å². The van der Waals surface area contributed by atoms with Crippen molar-refractivity contribution in [3.63, 3.8) is 0 Å². The highest BCUT2D eigenvalue weighted by Gasteiger charge is 2.45. The lowest BCUT2D eigenvalue weighted by molar-refractivity contribution is -0.195. The van der Waals surface area contributed by atoms with Gasteiger partial charge in [0.1, 0.15) is 6.79 Å². The number of halogens is 9. The van der Waals surface area contributed by atoms with E-state index in [-0.39, 0.29) is 18.2 Å². The summed E-state index contributed by atoms with van der Waals surface area (Å²) in [5.74, 6) is -2.54. The van der Waals surface area contributed by atoms with Crippen molar-refractivity contribution in [2.24, 2.45) is 23.5 Å². The first kappa shape index (κ1) is 42.6. The van der Waals surface area contributed by atoms with Crippen LogP contribution in [0.1, 0.15) is 59.8 Å². The fourth-order valence-corrected chi connectivity index (χ4v) is 4.08. The number of methoxy groups -OCH3 is 1. The normalized spacial score (nSPS) is 20.5. The van der Waals surface area contributed by atoms with Gasteiger partial charge in [0.05, 0.1) is 24.0 Å². The number of rotatable bonds is 10. The highest BCUT2D eigenvalue weighted by atomic mass is 19.4. The number of allylic oxidation sites excluding steroid dienone is 5. The molecule has 0 aromatic rings. The van der Waals surface area contributed by atoms with E-state index < -0.39 is 42.0 Å². The molecule has 1 saturated carbocycles. The zero-order valence-electron chi connectivity index (χ0n) is 24.1. The molecule has 5 atom stereocenters. The molecule has 0 saturated heterocycles. The summed E-state index contributed by atoms with van der Waals surface area (Å²) in [7, 11) is 2.83. The van der Waals surface area contributed by atoms with Crippen molar-refractivity contribution in [1.29, 1.82) is 0 Å². The number of hydrogen-bond donors (Lipinski definition) is 2. The van der Waals surface area contributed by atoms with Gasteiger partial charge in [0.2, 0.25) is 0 Å². The van der Waals surface area contributed by atoms with Crippen LogP contribution in [0.2, 0.25) is 0 Å². The predicted octanol–water partition coefficient (Wildman–Crippen LogP) is 7.95. The maximum Gasteiger partial charge on any atom is 0.416 e. The van der Waals surface area contributed by atoms with Gasteiger partial charge in [-0.15, -0.1) is 0 Å². The number of hydrogen-bond acceptors (Lipinski definition) is 4. The highest BCUT2D eigenvalue weighted by molar-refractivity contribution is 5.31. The Balaban J connectivity index is -0.000000612. The third-order valence-corrected chi connectivity index (χ3v) is 6.22. The van der Waals surface area contributed by atoms with Crippen LogP contribution in [0.4, 0.5) is 39.5 Å². The second kappa shape index (κ2) is 20.9. The Kier molecular flexibility index (Phi) is 22.3. The zero-order chi connectivity index (χ0) is 32.3. The van der Waals surface area contributed by atoms with E-state index in [4.69, 9.17) is 9.53 Å². The molecular weight excluding hydrogens is 555 g/mol. The molecule has 1 fully saturated rings. The van der Waals surface area contributed by atoms with Crippen molar-refractivity contribution in [2.75, 3.05) is 20.8 Å². The fraction of sp³-hybridized carbons (Fsp3) is 0.741. The monoisotopic (exact) mass is 600 g/mol. The molecule has 0 aromatic carbocycles. The van der Waals surface area contributed by atoms with Gasteiger partial charge in [-0.3, -0.25) is 0 Å². The molecule has 238 valence electrons. The van der Waals surface area contributed by atoms with Gasteiger partial charge < -0.3 is 20.6 Å². The third-order valence-electron chi connectivity index (χ3n) is 6.22. The van der Waals surface area contributed by atoms with E-state index in [9.17, 15) is 39.5 Å². The summed E-state index contributed by atoms with van der Waals surface area (Å²) in [5.41, 5.74) is 3.32. The van der Waals surface area contributed by atoms with Crippen LogP contribution in [0.5, 0.6) is 0 Å². The number of nitrogens with two attached hydrogens (primary N) is 1. The van der Waals surface area contributed by atoms with E-state index in [2.05, 4.69) is 24.6 Å². The summed E-state index contributed by atoms with van der Waals surface area (Å²) in [6.45, 7) is 10.7. The van der Waals surface area contributed by atoms with Crippen molar-refractivity contribution in [2.45, 2.75) is 90.4 Å². The highest BCUT2D eigenvalue weighted by Crippen LogP contribution is 2.34. The molecule has 1 aliphatic carbocycles. The zero-order valence-corrected chi connectivity index (χ0v) is 24.1. The van der Waals surface area contributed by atoms with Crippen molar-refractivity contribution in [1.82, 2.24) is 5.32 Å². The molecule has 0 amide bonds. The average Bonchev–Trinajstić information content (AvgIpc) is 3.33. The topological polar surface area (TPSA) is 64.3 Å². The molecule has 0 spiro atoms. The molecule has 5 unspecified atom stereocenters. The van der Waals surface area contributed by atoms with E-state index in [1.165, 1.54) is 21.1 Å². The van der Waals surface area contributed by atoms with Crippen LogP contribution in [0.25, 0.3) is 0 Å². The Hall–Kier alpha value is -1.86. The van der Waals surface area contributed by atoms with Gasteiger partial charge in [-0.25, -0.2) is 0 Å². The summed E-state index contributed by atoms with van der Waals surface area (Å²) in [4.78, 5) is 8.00. The van der Waals surface area contributed by atoms with Crippen LogP contribution < -0.4 is 11.1 Å². The molecule has 0 aromatic heterocycles. The lowest BCUT2D eigenvalue weighted by Crippen LogP contribution is -2.48. The average molecular weight is 601 g/mol. The number of alkyl halides is 9. The van der Waals surface area contributed by atoms with Crippen molar-refractivity contribution >= 4 is 6.79 Å². The van der Waals surface area contributed by atoms with Gasteiger partial charge >= 0.3 is 18.5 Å². The number of nitrogens with one attached hydrogen (secondary N) is 1. The maximum atomic E-state index is 13.0. The minimum Gasteiger partial charge on any atom is -0.384 e. The third kappa shape index (κ3) is 17.8. The van der Waals surface area contributed by atoms with Gasteiger partial charge in [0.25, 0.3) is 0 Å². The van der Waals surface area contributed by atoms with E-state index >= 15 is 0 Å². The molecule has 4 nitrogen and oxygen atoms in total. The minimum atomic E-state index is -4.61. The molecule has 0 radical (unpaired) electrons.